The Morgan fingerprint density at radius 1 is 0.865 bits per heavy atom. The number of carbonyl (C=O) groups excluding carboxylic acids is 1. The highest BCUT2D eigenvalue weighted by Gasteiger charge is 2.28. The number of likely N-dealkylation sites (tertiary alicyclic amines) is 1. The lowest BCUT2D eigenvalue weighted by molar-refractivity contribution is 0.0204. The smallest absolute Gasteiger partial charge is 0.410 e. The van der Waals surface area contributed by atoms with Crippen molar-refractivity contribution in [2.24, 2.45) is 0 Å². The molecule has 0 radical (unpaired) electrons. The van der Waals surface area contributed by atoms with Crippen LogP contribution in [0.3, 0.4) is 0 Å². The van der Waals surface area contributed by atoms with Gasteiger partial charge in [0.2, 0.25) is 0 Å². The normalized spacial score (nSPS) is 16.5. The summed E-state index contributed by atoms with van der Waals surface area (Å²) in [6.45, 7) is 13.2. The zero-order valence-electron chi connectivity index (χ0n) is 22.5. The van der Waals surface area contributed by atoms with Crippen LogP contribution in [0.15, 0.2) is 12.1 Å². The summed E-state index contributed by atoms with van der Waals surface area (Å²) in [5.74, 6) is 1.85. The van der Waals surface area contributed by atoms with Crippen LogP contribution in [0.25, 0.3) is 0 Å². The predicted molar refractivity (Wildman–Crippen MR) is 151 cm³/mol. The van der Waals surface area contributed by atoms with Crippen molar-refractivity contribution in [3.63, 3.8) is 0 Å². The van der Waals surface area contributed by atoms with Gasteiger partial charge in [-0.3, -0.25) is 0 Å². The first kappa shape index (κ1) is 32.6. The number of aromatic nitrogens is 4. The Bertz CT molecular complexity index is 1000. The van der Waals surface area contributed by atoms with Crippen molar-refractivity contribution in [3.05, 3.63) is 34.6 Å². The van der Waals surface area contributed by atoms with Gasteiger partial charge in [-0.1, -0.05) is 0 Å². The van der Waals surface area contributed by atoms with Gasteiger partial charge in [0, 0.05) is 24.9 Å². The molecule has 2 aromatic rings. The summed E-state index contributed by atoms with van der Waals surface area (Å²) >= 11 is 0. The summed E-state index contributed by atoms with van der Waals surface area (Å²) in [6, 6.07) is 3.76. The second-order valence-corrected chi connectivity index (χ2v) is 10.4. The van der Waals surface area contributed by atoms with Crippen molar-refractivity contribution < 1.29 is 9.53 Å². The summed E-state index contributed by atoms with van der Waals surface area (Å²) in [6.07, 6.45) is 3.82. The Labute approximate surface area is 232 Å². The first-order valence-corrected chi connectivity index (χ1v) is 12.4. The Kier molecular flexibility index (Phi) is 12.8. The van der Waals surface area contributed by atoms with Crippen LogP contribution in [0, 0.1) is 13.8 Å². The zero-order valence-corrected chi connectivity index (χ0v) is 24.1. The molecule has 0 aromatic carbocycles. The fourth-order valence-electron chi connectivity index (χ4n) is 4.59. The van der Waals surface area contributed by atoms with E-state index in [1.165, 1.54) is 5.56 Å². The summed E-state index contributed by atoms with van der Waals surface area (Å²) < 4.78 is 5.40. The molecular weight excluding hydrogens is 515 g/mol. The lowest BCUT2D eigenvalue weighted by atomic mass is 9.91. The van der Waals surface area contributed by atoms with Gasteiger partial charge in [0.05, 0.1) is 11.4 Å². The molecule has 0 bridgehead atoms. The van der Waals surface area contributed by atoms with Crippen LogP contribution in [-0.2, 0) is 4.74 Å². The number of hydrogen-bond donors (Lipinski definition) is 3. The third-order valence-corrected chi connectivity index (χ3v) is 6.34. The van der Waals surface area contributed by atoms with Crippen molar-refractivity contribution in [1.29, 1.82) is 0 Å². The number of nitrogens with zero attached hydrogens (tertiary/aromatic N) is 5. The minimum atomic E-state index is -0.451. The molecule has 5 N–H and O–H groups in total. The van der Waals surface area contributed by atoms with Gasteiger partial charge in [-0.2, -0.15) is 10.2 Å². The molecule has 10 nitrogen and oxygen atoms in total. The van der Waals surface area contributed by atoms with Crippen LogP contribution in [-0.4, -0.2) is 63.2 Å². The molecule has 2 aliphatic rings. The maximum Gasteiger partial charge on any atom is 0.410 e. The number of piperidine rings is 2. The molecule has 0 atom stereocenters. The summed E-state index contributed by atoms with van der Waals surface area (Å²) in [5.41, 5.74) is 15.1. The van der Waals surface area contributed by atoms with Crippen LogP contribution >= 0.6 is 24.8 Å². The lowest BCUT2D eigenvalue weighted by Crippen LogP contribution is -2.41. The van der Waals surface area contributed by atoms with E-state index >= 15 is 0 Å². The van der Waals surface area contributed by atoms with Gasteiger partial charge in [0.1, 0.15) is 17.2 Å². The molecule has 0 saturated carbocycles. The second-order valence-electron chi connectivity index (χ2n) is 10.4. The average molecular weight is 558 g/mol. The van der Waals surface area contributed by atoms with Crippen molar-refractivity contribution in [2.75, 3.05) is 37.6 Å². The van der Waals surface area contributed by atoms with E-state index < -0.39 is 5.60 Å². The molecule has 1 amide bonds. The number of rotatable bonds is 2. The number of amides is 1. The highest BCUT2D eigenvalue weighted by Crippen LogP contribution is 2.29. The number of aryl methyl sites for hydroxylation is 2. The van der Waals surface area contributed by atoms with Crippen LogP contribution in [0.1, 0.15) is 80.8 Å². The van der Waals surface area contributed by atoms with Gasteiger partial charge in [0.25, 0.3) is 0 Å². The van der Waals surface area contributed by atoms with Gasteiger partial charge < -0.3 is 26.4 Å². The van der Waals surface area contributed by atoms with E-state index in [2.05, 4.69) is 32.6 Å². The molecule has 2 aliphatic heterocycles. The van der Waals surface area contributed by atoms with E-state index in [-0.39, 0.29) is 30.9 Å². The first-order chi connectivity index (χ1) is 16.5. The van der Waals surface area contributed by atoms with Crippen LogP contribution < -0.4 is 16.8 Å². The van der Waals surface area contributed by atoms with E-state index in [4.69, 9.17) is 16.2 Å². The Morgan fingerprint density at radius 3 is 1.70 bits per heavy atom. The molecule has 37 heavy (non-hydrogen) atoms. The molecule has 208 valence electrons. The number of hydrogen-bond acceptors (Lipinski definition) is 9. The SMILES string of the molecule is Cc1cc(N)nnc1C1CCN(C(=O)OC(C)(C)C)CC1.Cc1cc(N)nnc1C1CCNCC1.Cl.Cl. The summed E-state index contributed by atoms with van der Waals surface area (Å²) in [4.78, 5) is 13.8. The standard InChI is InChI=1S/C15H24N4O2.C10H16N4.2ClH/c1-10-9-12(16)17-18-13(10)11-5-7-19(8-6-11)14(20)21-15(2,3)4;1-7-6-9(11)13-14-10(7)8-2-4-12-5-3-8;;/h9,11H,5-8H2,1-4H3,(H2,16,17);6,8,12H,2-5H2,1H3,(H2,11,13);2*1H. The van der Waals surface area contributed by atoms with Crippen LogP contribution in [0.2, 0.25) is 0 Å². The van der Waals surface area contributed by atoms with Crippen molar-refractivity contribution in [2.45, 2.75) is 77.7 Å². The largest absolute Gasteiger partial charge is 0.444 e. The number of ether oxygens (including phenoxy) is 1. The first-order valence-electron chi connectivity index (χ1n) is 12.4. The van der Waals surface area contributed by atoms with E-state index in [9.17, 15) is 4.79 Å². The molecule has 2 fully saturated rings. The number of nitrogen functional groups attached to an aromatic ring is 2. The number of anilines is 2. The fourth-order valence-corrected chi connectivity index (χ4v) is 4.59. The van der Waals surface area contributed by atoms with Gasteiger partial charge in [-0.05, 0) is 96.7 Å². The minimum absolute atomic E-state index is 0. The predicted octanol–water partition coefficient (Wildman–Crippen LogP) is 4.16. The molecule has 0 aliphatic carbocycles. The second kappa shape index (κ2) is 14.5. The van der Waals surface area contributed by atoms with Gasteiger partial charge >= 0.3 is 6.09 Å². The molecule has 12 heteroatoms. The maximum absolute atomic E-state index is 12.0. The monoisotopic (exact) mass is 556 g/mol. The van der Waals surface area contributed by atoms with E-state index in [1.807, 2.05) is 39.8 Å². The van der Waals surface area contributed by atoms with Crippen molar-refractivity contribution in [1.82, 2.24) is 30.6 Å². The fraction of sp³-hybridized carbons (Fsp3) is 0.640. The minimum Gasteiger partial charge on any atom is -0.444 e. The van der Waals surface area contributed by atoms with Gasteiger partial charge in [-0.25, -0.2) is 4.79 Å². The molecule has 0 spiro atoms. The molecule has 2 saturated heterocycles. The summed E-state index contributed by atoms with van der Waals surface area (Å²) in [5, 5.41) is 19.6. The maximum atomic E-state index is 12.0. The molecule has 2 aromatic heterocycles. The molecule has 4 rings (SSSR count). The summed E-state index contributed by atoms with van der Waals surface area (Å²) in [7, 11) is 0. The van der Waals surface area contributed by atoms with E-state index in [0.29, 0.717) is 36.6 Å². The Hall–Kier alpha value is -2.43. The number of nitrogens with two attached hydrogens (primary N) is 2. The topological polar surface area (TPSA) is 145 Å². The lowest BCUT2D eigenvalue weighted by Gasteiger charge is -2.33. The highest BCUT2D eigenvalue weighted by atomic mass is 35.5. The van der Waals surface area contributed by atoms with Crippen molar-refractivity contribution >= 4 is 42.5 Å². The zero-order chi connectivity index (χ0) is 25.6. The van der Waals surface area contributed by atoms with Gasteiger partial charge in [0.15, 0.2) is 0 Å². The Balaban J connectivity index is 0.000000375. The van der Waals surface area contributed by atoms with Crippen LogP contribution in [0.5, 0.6) is 0 Å². The van der Waals surface area contributed by atoms with Gasteiger partial charge in [-0.15, -0.1) is 35.0 Å². The third kappa shape index (κ3) is 9.75. The van der Waals surface area contributed by atoms with Crippen LogP contribution in [0.4, 0.5) is 16.4 Å². The molecule has 0 unspecified atom stereocenters. The number of nitrogens with one attached hydrogen (secondary N) is 1. The van der Waals surface area contributed by atoms with Crippen molar-refractivity contribution in [3.8, 4) is 0 Å². The highest BCUT2D eigenvalue weighted by molar-refractivity contribution is 5.85. The molecular formula is C25H42Cl2N8O2. The molecule has 4 heterocycles. The third-order valence-electron chi connectivity index (χ3n) is 6.34. The average Bonchev–Trinajstić information content (AvgIpc) is 2.79. The van der Waals surface area contributed by atoms with E-state index in [1.54, 1.807) is 4.90 Å². The quantitative estimate of drug-likeness (QED) is 0.496. The Morgan fingerprint density at radius 2 is 1.30 bits per heavy atom. The number of halogens is 2. The van der Waals surface area contributed by atoms with E-state index in [0.717, 1.165) is 55.7 Å². The number of carbonyl (C=O) groups is 1.